The van der Waals surface area contributed by atoms with Crippen LogP contribution in [0, 0.1) is 6.92 Å². The average molecular weight is 385 g/mol. The fourth-order valence-electron chi connectivity index (χ4n) is 3.30. The van der Waals surface area contributed by atoms with Gasteiger partial charge in [-0.2, -0.15) is 13.8 Å². The number of aliphatic hydroxyl groups excluding tert-OH is 1. The molecule has 3 atom stereocenters. The summed E-state index contributed by atoms with van der Waals surface area (Å²) in [6.07, 6.45) is -3.86. The van der Waals surface area contributed by atoms with E-state index >= 15 is 0 Å². The molecule has 8 nitrogen and oxygen atoms in total. The maximum absolute atomic E-state index is 14.5. The standard InChI is InChI=1S/C15H17F2N5O3S/c1-7-2-3-22(14(24)19-7)12-15(16,17)11(23)9(25-12)5-21-4-8-10(6-21)26-13(18)20-8/h2-3,9,11-12,23H,4-6H2,1H3,(H2,18,20)/t9-,11-,12-/m1/s1. The van der Waals surface area contributed by atoms with E-state index in [2.05, 4.69) is 9.97 Å². The van der Waals surface area contributed by atoms with E-state index in [9.17, 15) is 18.7 Å². The van der Waals surface area contributed by atoms with Gasteiger partial charge < -0.3 is 15.6 Å². The highest BCUT2D eigenvalue weighted by Gasteiger charge is 2.59. The van der Waals surface area contributed by atoms with Crippen molar-refractivity contribution in [3.8, 4) is 0 Å². The second-order valence-corrected chi connectivity index (χ2v) is 7.61. The minimum atomic E-state index is -3.61. The smallest absolute Gasteiger partial charge is 0.350 e. The topological polar surface area (TPSA) is 107 Å². The predicted octanol–water partition coefficient (Wildman–Crippen LogP) is 0.500. The van der Waals surface area contributed by atoms with E-state index < -0.39 is 30.0 Å². The molecule has 4 heterocycles. The summed E-state index contributed by atoms with van der Waals surface area (Å²) in [7, 11) is 0. The van der Waals surface area contributed by atoms with Crippen LogP contribution < -0.4 is 11.4 Å². The fraction of sp³-hybridized carbons (Fsp3) is 0.533. The Hall–Kier alpha value is -1.95. The molecular formula is C15H17F2N5O3S. The van der Waals surface area contributed by atoms with Crippen LogP contribution in [0.4, 0.5) is 13.9 Å². The van der Waals surface area contributed by atoms with Crippen LogP contribution in [-0.2, 0) is 17.8 Å². The Bertz CT molecular complexity index is 878. The van der Waals surface area contributed by atoms with Crippen LogP contribution in [0.1, 0.15) is 22.5 Å². The molecule has 26 heavy (non-hydrogen) atoms. The summed E-state index contributed by atoms with van der Waals surface area (Å²) in [5.74, 6) is -3.61. The molecule has 0 radical (unpaired) electrons. The van der Waals surface area contributed by atoms with Gasteiger partial charge >= 0.3 is 11.6 Å². The monoisotopic (exact) mass is 385 g/mol. The molecule has 0 spiro atoms. The second kappa shape index (κ2) is 6.05. The van der Waals surface area contributed by atoms with Gasteiger partial charge in [-0.1, -0.05) is 0 Å². The lowest BCUT2D eigenvalue weighted by Crippen LogP contribution is -2.43. The van der Waals surface area contributed by atoms with Crippen molar-refractivity contribution in [3.63, 3.8) is 0 Å². The minimum absolute atomic E-state index is 0.0876. The molecule has 2 aliphatic heterocycles. The van der Waals surface area contributed by atoms with Gasteiger partial charge in [0.25, 0.3) is 0 Å². The summed E-state index contributed by atoms with van der Waals surface area (Å²) in [6, 6.07) is 1.44. The van der Waals surface area contributed by atoms with Gasteiger partial charge in [-0.05, 0) is 13.0 Å². The number of thiazole rings is 1. The molecule has 11 heteroatoms. The number of ether oxygens (including phenoxy) is 1. The first-order valence-electron chi connectivity index (χ1n) is 7.99. The average Bonchev–Trinajstić information content (AvgIpc) is 3.13. The summed E-state index contributed by atoms with van der Waals surface area (Å²) >= 11 is 1.36. The number of halogens is 2. The molecule has 1 fully saturated rings. The van der Waals surface area contributed by atoms with Crippen molar-refractivity contribution in [1.29, 1.82) is 0 Å². The molecule has 2 aromatic heterocycles. The highest BCUT2D eigenvalue weighted by atomic mass is 32.1. The Balaban J connectivity index is 1.52. The Labute approximate surface area is 150 Å². The lowest BCUT2D eigenvalue weighted by molar-refractivity contribution is -0.140. The molecule has 0 aliphatic carbocycles. The van der Waals surface area contributed by atoms with Gasteiger partial charge in [-0.3, -0.25) is 9.47 Å². The van der Waals surface area contributed by atoms with Crippen molar-refractivity contribution < 1.29 is 18.6 Å². The number of fused-ring (bicyclic) bond motifs is 1. The number of aromatic nitrogens is 3. The Morgan fingerprint density at radius 2 is 2.23 bits per heavy atom. The first kappa shape index (κ1) is 17.5. The quantitative estimate of drug-likeness (QED) is 0.792. The molecule has 0 saturated carbocycles. The van der Waals surface area contributed by atoms with E-state index in [4.69, 9.17) is 10.5 Å². The normalized spacial score (nSPS) is 27.8. The Kier molecular flexibility index (Phi) is 4.06. The number of alkyl halides is 2. The zero-order valence-electron chi connectivity index (χ0n) is 13.8. The van der Waals surface area contributed by atoms with Crippen LogP contribution in [0.15, 0.2) is 17.1 Å². The van der Waals surface area contributed by atoms with Crippen LogP contribution in [-0.4, -0.2) is 49.2 Å². The van der Waals surface area contributed by atoms with Gasteiger partial charge in [0.15, 0.2) is 5.13 Å². The Morgan fingerprint density at radius 1 is 1.46 bits per heavy atom. The number of aryl methyl sites for hydroxylation is 1. The number of nitrogens with zero attached hydrogens (tertiary/aromatic N) is 4. The number of rotatable bonds is 3. The molecule has 0 unspecified atom stereocenters. The SMILES string of the molecule is Cc1ccn([C@@H]2O[C@H](CN3Cc4nc(N)sc4C3)[C@@H](O)C2(F)F)c(=O)n1. The third-order valence-electron chi connectivity index (χ3n) is 4.57. The van der Waals surface area contributed by atoms with Crippen LogP contribution in [0.5, 0.6) is 0 Å². The van der Waals surface area contributed by atoms with Crippen LogP contribution in [0.2, 0.25) is 0 Å². The lowest BCUT2D eigenvalue weighted by atomic mass is 10.1. The van der Waals surface area contributed by atoms with E-state index in [0.29, 0.717) is 23.9 Å². The van der Waals surface area contributed by atoms with Gasteiger partial charge in [0.05, 0.1) is 5.69 Å². The number of hydrogen-bond acceptors (Lipinski definition) is 8. The fourth-order valence-corrected chi connectivity index (χ4v) is 4.18. The van der Waals surface area contributed by atoms with E-state index in [1.54, 1.807) is 6.92 Å². The zero-order chi connectivity index (χ0) is 18.6. The van der Waals surface area contributed by atoms with Gasteiger partial charge in [0.1, 0.15) is 12.2 Å². The highest BCUT2D eigenvalue weighted by Crippen LogP contribution is 2.43. The molecule has 140 valence electrons. The first-order valence-corrected chi connectivity index (χ1v) is 8.81. The largest absolute Gasteiger partial charge is 0.384 e. The molecule has 3 N–H and O–H groups in total. The van der Waals surface area contributed by atoms with E-state index in [-0.39, 0.29) is 6.54 Å². The summed E-state index contributed by atoms with van der Waals surface area (Å²) in [5.41, 5.74) is 6.05. The maximum Gasteiger partial charge on any atom is 0.350 e. The van der Waals surface area contributed by atoms with Gasteiger partial charge in [0, 0.05) is 36.4 Å². The van der Waals surface area contributed by atoms with Gasteiger partial charge in [0.2, 0.25) is 6.23 Å². The van der Waals surface area contributed by atoms with Gasteiger partial charge in [-0.15, -0.1) is 11.3 Å². The highest BCUT2D eigenvalue weighted by molar-refractivity contribution is 7.15. The van der Waals surface area contributed by atoms with Crippen molar-refractivity contribution >= 4 is 16.5 Å². The van der Waals surface area contributed by atoms with E-state index in [1.165, 1.54) is 23.6 Å². The first-order chi connectivity index (χ1) is 12.3. The predicted molar refractivity (Wildman–Crippen MR) is 88.7 cm³/mol. The third-order valence-corrected chi connectivity index (χ3v) is 5.49. The number of aliphatic hydroxyl groups is 1. The molecule has 1 saturated heterocycles. The molecular weight excluding hydrogens is 368 g/mol. The van der Waals surface area contributed by atoms with Gasteiger partial charge in [-0.25, -0.2) is 9.78 Å². The van der Waals surface area contributed by atoms with Crippen LogP contribution in [0.3, 0.4) is 0 Å². The second-order valence-electron chi connectivity index (χ2n) is 6.50. The van der Waals surface area contributed by atoms with Crippen LogP contribution in [0.25, 0.3) is 0 Å². The number of hydrogen-bond donors (Lipinski definition) is 2. The minimum Gasteiger partial charge on any atom is -0.384 e. The third kappa shape index (κ3) is 2.80. The molecule has 2 aromatic rings. The summed E-state index contributed by atoms with van der Waals surface area (Å²) < 4.78 is 35.2. The molecule has 0 amide bonds. The summed E-state index contributed by atoms with van der Waals surface area (Å²) in [5, 5.41) is 10.6. The van der Waals surface area contributed by atoms with Crippen LogP contribution >= 0.6 is 11.3 Å². The maximum atomic E-state index is 14.5. The summed E-state index contributed by atoms with van der Waals surface area (Å²) in [4.78, 5) is 22.6. The number of nitrogens with two attached hydrogens (primary N) is 1. The molecule has 0 aromatic carbocycles. The van der Waals surface area contributed by atoms with Crippen molar-refractivity contribution in [2.75, 3.05) is 12.3 Å². The molecule has 0 bridgehead atoms. The van der Waals surface area contributed by atoms with Crippen molar-refractivity contribution in [1.82, 2.24) is 19.4 Å². The Morgan fingerprint density at radius 3 is 2.92 bits per heavy atom. The van der Waals surface area contributed by atoms with Crippen molar-refractivity contribution in [3.05, 3.63) is 39.0 Å². The zero-order valence-corrected chi connectivity index (χ0v) is 14.6. The molecule has 4 rings (SSSR count). The summed E-state index contributed by atoms with van der Waals surface area (Å²) in [6.45, 7) is 2.64. The lowest BCUT2D eigenvalue weighted by Gasteiger charge is -2.21. The number of nitrogen functional groups attached to an aromatic ring is 1. The van der Waals surface area contributed by atoms with Crippen molar-refractivity contribution in [2.45, 2.75) is 44.4 Å². The van der Waals surface area contributed by atoms with E-state index in [1.807, 2.05) is 4.90 Å². The number of anilines is 1. The molecule has 2 aliphatic rings. The van der Waals surface area contributed by atoms with Crippen molar-refractivity contribution in [2.24, 2.45) is 0 Å². The van der Waals surface area contributed by atoms with E-state index in [0.717, 1.165) is 15.1 Å².